The summed E-state index contributed by atoms with van der Waals surface area (Å²) in [4.78, 5) is 15.8. The van der Waals surface area contributed by atoms with Crippen molar-refractivity contribution >= 4 is 5.97 Å². The van der Waals surface area contributed by atoms with Gasteiger partial charge in [-0.25, -0.2) is 4.98 Å². The molecule has 0 spiro atoms. The summed E-state index contributed by atoms with van der Waals surface area (Å²) in [7, 11) is 1.62. The normalized spacial score (nSPS) is 46.5. The molecule has 0 bridgehead atoms. The fourth-order valence-corrected chi connectivity index (χ4v) is 1.41. The van der Waals surface area contributed by atoms with Gasteiger partial charge in [-0.2, -0.15) is 0 Å². The van der Waals surface area contributed by atoms with Crippen LogP contribution in [0.3, 0.4) is 0 Å². The molecule has 0 radical (unpaired) electrons. The van der Waals surface area contributed by atoms with Crippen molar-refractivity contribution in [1.29, 1.82) is 0 Å². The van der Waals surface area contributed by atoms with E-state index >= 15 is 0 Å². The zero-order chi connectivity index (χ0) is 17.0. The summed E-state index contributed by atoms with van der Waals surface area (Å²) in [5.41, 5.74) is 0.402. The van der Waals surface area contributed by atoms with Gasteiger partial charge in [-0.1, -0.05) is 6.85 Å². The summed E-state index contributed by atoms with van der Waals surface area (Å²) in [6, 6.07) is 0. The molecule has 1 aromatic rings. The third-order valence-electron chi connectivity index (χ3n) is 2.33. The molecule has 0 amide bonds. The minimum atomic E-state index is -2.78. The van der Waals surface area contributed by atoms with Gasteiger partial charge in [-0.15, -0.1) is 0 Å². The Morgan fingerprint density at radius 3 is 3.47 bits per heavy atom. The average molecular weight is 215 g/mol. The molecule has 2 rings (SSSR count). The van der Waals surface area contributed by atoms with Crippen molar-refractivity contribution in [1.82, 2.24) is 9.55 Å². The number of aryl methyl sites for hydroxylation is 1. The first kappa shape index (κ1) is 4.68. The van der Waals surface area contributed by atoms with Gasteiger partial charge in [0.05, 0.1) is 21.5 Å². The molecule has 2 atom stereocenters. The lowest BCUT2D eigenvalue weighted by molar-refractivity contribution is -0.141. The zero-order valence-corrected chi connectivity index (χ0v) is 8.28. The maximum atomic E-state index is 12.0. The van der Waals surface area contributed by atoms with Crippen molar-refractivity contribution in [3.8, 4) is 0 Å². The third-order valence-corrected chi connectivity index (χ3v) is 2.33. The van der Waals surface area contributed by atoms with E-state index in [-0.39, 0.29) is 6.42 Å². The van der Waals surface area contributed by atoms with E-state index in [2.05, 4.69) is 9.72 Å². The van der Waals surface area contributed by atoms with Crippen LogP contribution in [0.4, 0.5) is 0 Å². The Kier molecular flexibility index (Phi) is 1.26. The predicted molar refractivity (Wildman–Crippen MR) is 55.1 cm³/mol. The van der Waals surface area contributed by atoms with Crippen molar-refractivity contribution in [3.05, 3.63) is 18.2 Å². The number of ether oxygens (including phenoxy) is 1. The second-order valence-corrected chi connectivity index (χ2v) is 3.30. The number of nitrogens with zero attached hydrogens (tertiary/aromatic N) is 2. The van der Waals surface area contributed by atoms with E-state index in [9.17, 15) is 4.79 Å². The minimum Gasteiger partial charge on any atom is -0.465 e. The Morgan fingerprint density at radius 1 is 1.93 bits per heavy atom. The molecule has 0 unspecified atom stereocenters. The largest absolute Gasteiger partial charge is 0.465 e. The molecule has 2 heterocycles. The van der Waals surface area contributed by atoms with E-state index in [1.165, 1.54) is 17.1 Å². The van der Waals surface area contributed by atoms with Gasteiger partial charge in [0.15, 0.2) is 0 Å². The highest BCUT2D eigenvalue weighted by atomic mass is 16.5. The van der Waals surface area contributed by atoms with Crippen LogP contribution in [-0.2, 0) is 23.0 Å². The van der Waals surface area contributed by atoms with Gasteiger partial charge in [0.2, 0.25) is 0 Å². The first-order valence-electron chi connectivity index (χ1n) is 8.01. The number of cyclic esters (lactones) is 1. The quantitative estimate of drug-likeness (QED) is 0.711. The SMILES string of the molecule is [2H]C([2H])([2H])C[C@]1([2H])C(=O)OC([2H])([2H])[C@]1([2H])Cc1cncn1C. The Bertz CT molecular complexity index is 600. The summed E-state index contributed by atoms with van der Waals surface area (Å²) in [5.74, 6) is -6.27. The van der Waals surface area contributed by atoms with Gasteiger partial charge in [0, 0.05) is 31.7 Å². The van der Waals surface area contributed by atoms with Crippen LogP contribution in [0.2, 0.25) is 0 Å². The van der Waals surface area contributed by atoms with Crippen molar-refractivity contribution in [2.75, 3.05) is 6.56 Å². The number of hydrogen-bond donors (Lipinski definition) is 0. The number of hydrogen-bond acceptors (Lipinski definition) is 3. The standard InChI is InChI=1S/C11H16N2O2/c1-3-10-8(6-15-11(10)14)4-9-5-12-7-13(9)2/h5,7-8,10H,3-4,6H2,1-2H3/t8-,10-/m0/s1/i1D3,6D2,8D,10D. The molecule has 1 aliphatic heterocycles. The number of aromatic nitrogens is 2. The fraction of sp³-hybridized carbons (Fsp3) is 0.636. The molecule has 1 aromatic heterocycles. The van der Waals surface area contributed by atoms with Crippen LogP contribution in [0.1, 0.15) is 28.6 Å². The van der Waals surface area contributed by atoms with Crippen LogP contribution in [0.15, 0.2) is 12.5 Å². The van der Waals surface area contributed by atoms with Crippen LogP contribution >= 0.6 is 0 Å². The monoisotopic (exact) mass is 215 g/mol. The Balaban J connectivity index is 2.50. The van der Waals surface area contributed by atoms with Crippen molar-refractivity contribution in [2.24, 2.45) is 18.8 Å². The molecule has 1 saturated heterocycles. The first-order valence-corrected chi connectivity index (χ1v) is 4.51. The lowest BCUT2D eigenvalue weighted by Crippen LogP contribution is -2.18. The van der Waals surface area contributed by atoms with E-state index in [1.807, 2.05) is 0 Å². The summed E-state index contributed by atoms with van der Waals surface area (Å²) in [6.07, 6.45) is 1.48. The van der Waals surface area contributed by atoms with Crippen molar-refractivity contribution in [3.63, 3.8) is 0 Å². The molecule has 4 nitrogen and oxygen atoms in total. The third kappa shape index (κ3) is 1.89. The molecule has 82 valence electrons. The maximum Gasteiger partial charge on any atom is 0.309 e. The second kappa shape index (κ2) is 4.04. The van der Waals surface area contributed by atoms with E-state index in [0.29, 0.717) is 5.69 Å². The van der Waals surface area contributed by atoms with Gasteiger partial charge < -0.3 is 9.30 Å². The minimum absolute atomic E-state index is 0.373. The molecule has 0 aromatic carbocycles. The van der Waals surface area contributed by atoms with Crippen LogP contribution in [0, 0.1) is 11.8 Å². The lowest BCUT2D eigenvalue weighted by Gasteiger charge is -2.12. The van der Waals surface area contributed by atoms with Crippen molar-refractivity contribution in [2.45, 2.75) is 19.7 Å². The summed E-state index contributed by atoms with van der Waals surface area (Å²) in [6.45, 7) is -5.44. The van der Waals surface area contributed by atoms with E-state index in [4.69, 9.17) is 9.60 Å². The Labute approximate surface area is 99.1 Å². The molecule has 4 heteroatoms. The first-order chi connectivity index (χ1) is 9.82. The molecule has 0 N–H and O–H groups in total. The summed E-state index contributed by atoms with van der Waals surface area (Å²) in [5, 5.41) is 0. The van der Waals surface area contributed by atoms with E-state index in [1.54, 1.807) is 7.05 Å². The van der Waals surface area contributed by atoms with Crippen LogP contribution in [0.25, 0.3) is 0 Å². The van der Waals surface area contributed by atoms with Gasteiger partial charge in [0.1, 0.15) is 0 Å². The number of carbonyl (C=O) groups excluding carboxylic acids is 1. The fourth-order valence-electron chi connectivity index (χ4n) is 1.41. The van der Waals surface area contributed by atoms with Crippen LogP contribution in [0.5, 0.6) is 0 Å². The average Bonchev–Trinajstić information content (AvgIpc) is 2.75. The van der Waals surface area contributed by atoms with Gasteiger partial charge in [-0.05, 0) is 12.8 Å². The molecular weight excluding hydrogens is 192 g/mol. The molecule has 0 saturated carbocycles. The lowest BCUT2D eigenvalue weighted by atomic mass is 9.89. The molecular formula is C11H16N2O2. The highest BCUT2D eigenvalue weighted by Gasteiger charge is 2.35. The Morgan fingerprint density at radius 2 is 2.80 bits per heavy atom. The highest BCUT2D eigenvalue weighted by Crippen LogP contribution is 2.27. The number of esters is 1. The second-order valence-electron chi connectivity index (χ2n) is 3.30. The molecule has 1 aliphatic rings. The predicted octanol–water partition coefficient (Wildman–Crippen LogP) is 1.16. The molecule has 1 fully saturated rings. The number of carbonyl (C=O) groups is 1. The van der Waals surface area contributed by atoms with Gasteiger partial charge in [0.25, 0.3) is 0 Å². The van der Waals surface area contributed by atoms with E-state index in [0.717, 1.165) is 0 Å². The number of imidazole rings is 1. The van der Waals surface area contributed by atoms with Gasteiger partial charge >= 0.3 is 5.97 Å². The van der Waals surface area contributed by atoms with Crippen LogP contribution in [-0.4, -0.2) is 22.1 Å². The smallest absolute Gasteiger partial charge is 0.309 e. The van der Waals surface area contributed by atoms with Crippen molar-refractivity contribution < 1.29 is 19.1 Å². The summed E-state index contributed by atoms with van der Waals surface area (Å²) >= 11 is 0. The highest BCUT2D eigenvalue weighted by molar-refractivity contribution is 5.74. The summed E-state index contributed by atoms with van der Waals surface area (Å²) < 4.78 is 60.2. The van der Waals surface area contributed by atoms with Gasteiger partial charge in [-0.3, -0.25) is 4.79 Å². The molecule has 15 heavy (non-hydrogen) atoms. The maximum absolute atomic E-state index is 12.0. The zero-order valence-electron chi connectivity index (χ0n) is 15.3. The number of rotatable bonds is 3. The Hall–Kier alpha value is -1.32. The topological polar surface area (TPSA) is 44.1 Å². The molecule has 0 aliphatic carbocycles. The van der Waals surface area contributed by atoms with Crippen LogP contribution < -0.4 is 0 Å². The van der Waals surface area contributed by atoms with E-state index < -0.39 is 37.6 Å².